The summed E-state index contributed by atoms with van der Waals surface area (Å²) < 4.78 is 10.5. The van der Waals surface area contributed by atoms with Gasteiger partial charge in [0.15, 0.2) is 0 Å². The molecule has 0 bridgehead atoms. The maximum atomic E-state index is 11.7. The molecule has 1 amide bonds. The fraction of sp³-hybridized carbons (Fsp3) is 0.929. The Morgan fingerprint density at radius 2 is 2.00 bits per heavy atom. The third-order valence-electron chi connectivity index (χ3n) is 3.24. The normalized spacial score (nSPS) is 22.8. The zero-order valence-electron chi connectivity index (χ0n) is 12.9. The highest BCUT2D eigenvalue weighted by Crippen LogP contribution is 2.22. The quantitative estimate of drug-likeness (QED) is 0.752. The smallest absolute Gasteiger partial charge is 0.410 e. The van der Waals surface area contributed by atoms with E-state index in [9.17, 15) is 4.79 Å². The fourth-order valence-corrected chi connectivity index (χ4v) is 1.98. The molecule has 19 heavy (non-hydrogen) atoms. The van der Waals surface area contributed by atoms with Crippen molar-refractivity contribution in [1.29, 1.82) is 0 Å². The van der Waals surface area contributed by atoms with Crippen LogP contribution in [-0.2, 0) is 9.47 Å². The Labute approximate surface area is 116 Å². The molecular formula is C14H28N2O3. The maximum absolute atomic E-state index is 11.7. The standard InChI is InChI=1S/C14H28N2O3/c1-14(2,3)19-13(17)16(4)8-6-7-15-11-9-12(10-11)18-5/h11-12,15H,6-10H2,1-5H3. The zero-order chi connectivity index (χ0) is 14.5. The van der Waals surface area contributed by atoms with Crippen molar-refractivity contribution in [3.05, 3.63) is 0 Å². The molecule has 0 heterocycles. The lowest BCUT2D eigenvalue weighted by molar-refractivity contribution is 0.0170. The van der Waals surface area contributed by atoms with Crippen molar-refractivity contribution in [2.75, 3.05) is 27.2 Å². The van der Waals surface area contributed by atoms with Crippen LogP contribution in [0.2, 0.25) is 0 Å². The number of nitrogens with zero attached hydrogens (tertiary/aromatic N) is 1. The van der Waals surface area contributed by atoms with Crippen LogP contribution in [0, 0.1) is 0 Å². The van der Waals surface area contributed by atoms with Gasteiger partial charge in [-0.1, -0.05) is 0 Å². The topological polar surface area (TPSA) is 50.8 Å². The molecule has 0 radical (unpaired) electrons. The maximum Gasteiger partial charge on any atom is 0.410 e. The van der Waals surface area contributed by atoms with E-state index in [1.807, 2.05) is 20.8 Å². The Balaban J connectivity index is 2.04. The number of ether oxygens (including phenoxy) is 2. The van der Waals surface area contributed by atoms with Crippen LogP contribution in [0.25, 0.3) is 0 Å². The minimum absolute atomic E-state index is 0.254. The van der Waals surface area contributed by atoms with Crippen LogP contribution in [-0.4, -0.2) is 56.0 Å². The molecule has 5 heteroatoms. The molecule has 0 spiro atoms. The van der Waals surface area contributed by atoms with E-state index in [0.29, 0.717) is 18.7 Å². The Kier molecular flexibility index (Phi) is 6.07. The number of nitrogens with one attached hydrogen (secondary N) is 1. The molecule has 0 aromatic rings. The Hall–Kier alpha value is -0.810. The number of hydrogen-bond acceptors (Lipinski definition) is 4. The van der Waals surface area contributed by atoms with E-state index in [4.69, 9.17) is 9.47 Å². The molecule has 112 valence electrons. The van der Waals surface area contributed by atoms with Crippen LogP contribution < -0.4 is 5.32 Å². The summed E-state index contributed by atoms with van der Waals surface area (Å²) >= 11 is 0. The molecule has 1 rings (SSSR count). The van der Waals surface area contributed by atoms with Crippen LogP contribution in [0.1, 0.15) is 40.0 Å². The number of carbonyl (C=O) groups excluding carboxylic acids is 1. The number of methoxy groups -OCH3 is 1. The van der Waals surface area contributed by atoms with E-state index in [2.05, 4.69) is 5.32 Å². The molecule has 1 aliphatic carbocycles. The highest BCUT2D eigenvalue weighted by molar-refractivity contribution is 5.67. The highest BCUT2D eigenvalue weighted by atomic mass is 16.6. The molecule has 1 fully saturated rings. The first kappa shape index (κ1) is 16.2. The van der Waals surface area contributed by atoms with Crippen molar-refractivity contribution in [3.8, 4) is 0 Å². The lowest BCUT2D eigenvalue weighted by atomic mass is 9.89. The van der Waals surface area contributed by atoms with Gasteiger partial charge in [0, 0.05) is 26.7 Å². The molecule has 0 atom stereocenters. The largest absolute Gasteiger partial charge is 0.444 e. The van der Waals surface area contributed by atoms with E-state index in [1.165, 1.54) is 0 Å². The van der Waals surface area contributed by atoms with E-state index in [1.54, 1.807) is 19.1 Å². The Morgan fingerprint density at radius 3 is 2.53 bits per heavy atom. The van der Waals surface area contributed by atoms with Crippen molar-refractivity contribution in [2.45, 2.75) is 57.8 Å². The lowest BCUT2D eigenvalue weighted by Gasteiger charge is -2.35. The van der Waals surface area contributed by atoms with E-state index >= 15 is 0 Å². The van der Waals surface area contributed by atoms with Crippen molar-refractivity contribution in [2.24, 2.45) is 0 Å². The van der Waals surface area contributed by atoms with Crippen LogP contribution in [0.3, 0.4) is 0 Å². The number of rotatable bonds is 6. The summed E-state index contributed by atoms with van der Waals surface area (Å²) in [6.45, 7) is 7.27. The average Bonchev–Trinajstić information content (AvgIpc) is 2.23. The molecule has 5 nitrogen and oxygen atoms in total. The third-order valence-corrected chi connectivity index (χ3v) is 3.24. The third kappa shape index (κ3) is 6.25. The first-order valence-corrected chi connectivity index (χ1v) is 7.02. The van der Waals surface area contributed by atoms with Gasteiger partial charge in [-0.2, -0.15) is 0 Å². The van der Waals surface area contributed by atoms with Gasteiger partial charge in [0.25, 0.3) is 0 Å². The molecule has 0 aromatic heterocycles. The predicted octanol–water partition coefficient (Wildman–Crippen LogP) is 2.01. The summed E-state index contributed by atoms with van der Waals surface area (Å²) in [6.07, 6.45) is 3.30. The molecule has 0 saturated heterocycles. The first-order chi connectivity index (χ1) is 8.81. The van der Waals surface area contributed by atoms with E-state index in [-0.39, 0.29) is 6.09 Å². The monoisotopic (exact) mass is 272 g/mol. The molecule has 0 aromatic carbocycles. The SMILES string of the molecule is COC1CC(NCCCN(C)C(=O)OC(C)(C)C)C1. The second kappa shape index (κ2) is 7.10. The van der Waals surface area contributed by atoms with E-state index < -0.39 is 5.60 Å². The average molecular weight is 272 g/mol. The van der Waals surface area contributed by atoms with Crippen LogP contribution in [0.4, 0.5) is 4.79 Å². The first-order valence-electron chi connectivity index (χ1n) is 7.02. The van der Waals surface area contributed by atoms with Gasteiger partial charge in [-0.05, 0) is 46.6 Å². The van der Waals surface area contributed by atoms with Crippen molar-refractivity contribution >= 4 is 6.09 Å². The second-order valence-corrected chi connectivity index (χ2v) is 6.24. The molecule has 1 saturated carbocycles. The second-order valence-electron chi connectivity index (χ2n) is 6.24. The summed E-state index contributed by atoms with van der Waals surface area (Å²) in [5.74, 6) is 0. The van der Waals surface area contributed by atoms with Gasteiger partial charge in [-0.3, -0.25) is 0 Å². The van der Waals surface area contributed by atoms with Gasteiger partial charge in [0.1, 0.15) is 5.60 Å². The van der Waals surface area contributed by atoms with Crippen LogP contribution >= 0.6 is 0 Å². The molecule has 0 aliphatic heterocycles. The van der Waals surface area contributed by atoms with Gasteiger partial charge in [-0.25, -0.2) is 4.79 Å². The van der Waals surface area contributed by atoms with Gasteiger partial charge in [-0.15, -0.1) is 0 Å². The number of hydrogen-bond donors (Lipinski definition) is 1. The predicted molar refractivity (Wildman–Crippen MR) is 75.3 cm³/mol. The number of carbonyl (C=O) groups is 1. The molecule has 1 aliphatic rings. The molecular weight excluding hydrogens is 244 g/mol. The van der Waals surface area contributed by atoms with Gasteiger partial charge in [0.05, 0.1) is 6.10 Å². The van der Waals surface area contributed by atoms with Gasteiger partial charge >= 0.3 is 6.09 Å². The van der Waals surface area contributed by atoms with Crippen molar-refractivity contribution < 1.29 is 14.3 Å². The minimum atomic E-state index is -0.426. The summed E-state index contributed by atoms with van der Waals surface area (Å²) in [6, 6.07) is 0.580. The van der Waals surface area contributed by atoms with Crippen molar-refractivity contribution in [3.63, 3.8) is 0 Å². The van der Waals surface area contributed by atoms with Crippen molar-refractivity contribution in [1.82, 2.24) is 10.2 Å². The van der Waals surface area contributed by atoms with Crippen LogP contribution in [0.5, 0.6) is 0 Å². The Bertz CT molecular complexity index is 283. The fourth-order valence-electron chi connectivity index (χ4n) is 1.98. The summed E-state index contributed by atoms with van der Waals surface area (Å²) in [5, 5.41) is 3.47. The summed E-state index contributed by atoms with van der Waals surface area (Å²) in [4.78, 5) is 13.3. The minimum Gasteiger partial charge on any atom is -0.444 e. The highest BCUT2D eigenvalue weighted by Gasteiger charge is 2.28. The molecule has 1 N–H and O–H groups in total. The lowest BCUT2D eigenvalue weighted by Crippen LogP contribution is -2.45. The summed E-state index contributed by atoms with van der Waals surface area (Å²) in [5.41, 5.74) is -0.426. The van der Waals surface area contributed by atoms with Crippen LogP contribution in [0.15, 0.2) is 0 Å². The Morgan fingerprint density at radius 1 is 1.37 bits per heavy atom. The zero-order valence-corrected chi connectivity index (χ0v) is 12.9. The summed E-state index contributed by atoms with van der Waals surface area (Å²) in [7, 11) is 3.54. The molecule has 0 unspecified atom stereocenters. The van der Waals surface area contributed by atoms with Gasteiger partial charge < -0.3 is 19.7 Å². The number of amides is 1. The van der Waals surface area contributed by atoms with Gasteiger partial charge in [0.2, 0.25) is 0 Å². The van der Waals surface area contributed by atoms with E-state index in [0.717, 1.165) is 25.8 Å².